The van der Waals surface area contributed by atoms with Gasteiger partial charge in [-0.05, 0) is 56.6 Å². The van der Waals surface area contributed by atoms with Crippen molar-refractivity contribution in [1.29, 1.82) is 0 Å². The first-order valence-corrected chi connectivity index (χ1v) is 9.62. The molecule has 26 heavy (non-hydrogen) atoms. The van der Waals surface area contributed by atoms with E-state index in [2.05, 4.69) is 14.9 Å². The van der Waals surface area contributed by atoms with Gasteiger partial charge in [-0.1, -0.05) is 0 Å². The van der Waals surface area contributed by atoms with Crippen LogP contribution in [0.3, 0.4) is 0 Å². The normalized spacial score (nSPS) is 22.6. The van der Waals surface area contributed by atoms with Gasteiger partial charge in [0.15, 0.2) is 0 Å². The summed E-state index contributed by atoms with van der Waals surface area (Å²) in [5.74, 6) is -0.227. The lowest BCUT2D eigenvalue weighted by Gasteiger charge is -2.26. The van der Waals surface area contributed by atoms with Crippen molar-refractivity contribution in [2.45, 2.75) is 31.9 Å². The minimum Gasteiger partial charge on any atom is -0.376 e. The molecule has 0 unspecified atom stereocenters. The average Bonchev–Trinajstić information content (AvgIpc) is 3.26. The first-order chi connectivity index (χ1) is 12.8. The Bertz CT molecular complexity index is 696. The molecule has 140 valence electrons. The van der Waals surface area contributed by atoms with E-state index >= 15 is 0 Å². The standard InChI is InChI=1S/C20H27FN4O/c21-18-4-6-19(7-5-18)25-14-17(12-22-25)13-24-10-3-11-26-20(16-24)15-23-8-1-2-9-23/h4-7,12,14,20H,1-3,8-11,13,15-16H2/t20-/m0/s1. The Balaban J connectivity index is 1.37. The van der Waals surface area contributed by atoms with E-state index in [1.807, 2.05) is 17.1 Å². The van der Waals surface area contributed by atoms with Crippen molar-refractivity contribution >= 4 is 0 Å². The molecule has 1 atom stereocenters. The lowest BCUT2D eigenvalue weighted by atomic mass is 10.2. The number of rotatable bonds is 5. The van der Waals surface area contributed by atoms with Gasteiger partial charge in [0, 0.05) is 44.5 Å². The number of ether oxygens (including phenoxy) is 1. The molecule has 5 nitrogen and oxygen atoms in total. The highest BCUT2D eigenvalue weighted by Gasteiger charge is 2.23. The maximum atomic E-state index is 13.1. The van der Waals surface area contributed by atoms with E-state index in [9.17, 15) is 4.39 Å². The summed E-state index contributed by atoms with van der Waals surface area (Å²) in [6.07, 6.45) is 7.95. The minimum absolute atomic E-state index is 0.227. The second-order valence-corrected chi connectivity index (χ2v) is 7.36. The molecule has 4 rings (SSSR count). The van der Waals surface area contributed by atoms with E-state index in [4.69, 9.17) is 4.74 Å². The van der Waals surface area contributed by atoms with Gasteiger partial charge in [0.25, 0.3) is 0 Å². The summed E-state index contributed by atoms with van der Waals surface area (Å²) in [6.45, 7) is 7.22. The second kappa shape index (κ2) is 8.29. The van der Waals surface area contributed by atoms with Gasteiger partial charge in [-0.15, -0.1) is 0 Å². The van der Waals surface area contributed by atoms with Crippen molar-refractivity contribution in [1.82, 2.24) is 19.6 Å². The smallest absolute Gasteiger partial charge is 0.123 e. The van der Waals surface area contributed by atoms with Crippen molar-refractivity contribution in [2.24, 2.45) is 0 Å². The molecule has 0 saturated carbocycles. The molecule has 2 fully saturated rings. The van der Waals surface area contributed by atoms with Crippen LogP contribution in [0.5, 0.6) is 0 Å². The zero-order valence-corrected chi connectivity index (χ0v) is 15.2. The van der Waals surface area contributed by atoms with Crippen LogP contribution in [-0.2, 0) is 11.3 Å². The Morgan fingerprint density at radius 2 is 1.81 bits per heavy atom. The van der Waals surface area contributed by atoms with Crippen molar-refractivity contribution in [3.8, 4) is 5.69 Å². The molecule has 0 radical (unpaired) electrons. The van der Waals surface area contributed by atoms with Crippen LogP contribution in [0.25, 0.3) is 5.69 Å². The van der Waals surface area contributed by atoms with Crippen LogP contribution in [0.1, 0.15) is 24.8 Å². The first kappa shape index (κ1) is 17.6. The molecule has 2 saturated heterocycles. The van der Waals surface area contributed by atoms with Crippen LogP contribution in [-0.4, -0.2) is 65.0 Å². The summed E-state index contributed by atoms with van der Waals surface area (Å²) in [7, 11) is 0. The number of benzene rings is 1. The van der Waals surface area contributed by atoms with Gasteiger partial charge < -0.3 is 9.64 Å². The van der Waals surface area contributed by atoms with Gasteiger partial charge in [-0.2, -0.15) is 5.10 Å². The number of halogens is 1. The maximum Gasteiger partial charge on any atom is 0.123 e. The molecule has 6 heteroatoms. The predicted octanol–water partition coefficient (Wildman–Crippen LogP) is 2.70. The molecule has 0 bridgehead atoms. The van der Waals surface area contributed by atoms with Gasteiger partial charge in [0.05, 0.1) is 18.0 Å². The summed E-state index contributed by atoms with van der Waals surface area (Å²) in [5, 5.41) is 4.44. The maximum absolute atomic E-state index is 13.1. The molecule has 0 aliphatic carbocycles. The molecule has 0 amide bonds. The molecule has 0 N–H and O–H groups in total. The van der Waals surface area contributed by atoms with Crippen LogP contribution in [0.2, 0.25) is 0 Å². The molecule has 1 aromatic carbocycles. The fourth-order valence-electron chi connectivity index (χ4n) is 3.91. The topological polar surface area (TPSA) is 33.5 Å². The highest BCUT2D eigenvalue weighted by molar-refractivity contribution is 5.31. The van der Waals surface area contributed by atoms with E-state index in [-0.39, 0.29) is 5.82 Å². The SMILES string of the molecule is Fc1ccc(-n2cc(CN3CCCO[C@@H](CN4CCCC4)C3)cn2)cc1. The van der Waals surface area contributed by atoms with E-state index in [1.54, 1.807) is 12.1 Å². The number of likely N-dealkylation sites (tertiary alicyclic amines) is 1. The Hall–Kier alpha value is -1.76. The molecule has 2 aromatic rings. The number of nitrogens with zero attached hydrogens (tertiary/aromatic N) is 4. The number of aromatic nitrogens is 2. The quantitative estimate of drug-likeness (QED) is 0.823. The van der Waals surface area contributed by atoms with Crippen LogP contribution in [0.15, 0.2) is 36.7 Å². The third-order valence-electron chi connectivity index (χ3n) is 5.23. The summed E-state index contributed by atoms with van der Waals surface area (Å²) < 4.78 is 21.0. The van der Waals surface area contributed by atoms with Crippen molar-refractivity contribution in [3.05, 3.63) is 48.0 Å². The van der Waals surface area contributed by atoms with Gasteiger partial charge in [-0.25, -0.2) is 9.07 Å². The Labute approximate surface area is 154 Å². The molecule has 2 aliphatic heterocycles. The van der Waals surface area contributed by atoms with E-state index < -0.39 is 0 Å². The van der Waals surface area contributed by atoms with E-state index in [0.717, 1.165) is 44.9 Å². The molecule has 3 heterocycles. The summed E-state index contributed by atoms with van der Waals surface area (Å²) >= 11 is 0. The Morgan fingerprint density at radius 1 is 1.04 bits per heavy atom. The number of hydrogen-bond donors (Lipinski definition) is 0. The third kappa shape index (κ3) is 4.50. The van der Waals surface area contributed by atoms with Crippen molar-refractivity contribution in [3.63, 3.8) is 0 Å². The fraction of sp³-hybridized carbons (Fsp3) is 0.550. The van der Waals surface area contributed by atoms with E-state index in [1.165, 1.54) is 43.6 Å². The monoisotopic (exact) mass is 358 g/mol. The molecule has 0 spiro atoms. The molecule has 1 aromatic heterocycles. The van der Waals surface area contributed by atoms with Crippen LogP contribution in [0, 0.1) is 5.82 Å². The highest BCUT2D eigenvalue weighted by atomic mass is 19.1. The first-order valence-electron chi connectivity index (χ1n) is 9.62. The van der Waals surface area contributed by atoms with Gasteiger partial charge in [-0.3, -0.25) is 4.90 Å². The van der Waals surface area contributed by atoms with Crippen molar-refractivity contribution in [2.75, 3.05) is 39.3 Å². The summed E-state index contributed by atoms with van der Waals surface area (Å²) in [5.41, 5.74) is 2.06. The third-order valence-corrected chi connectivity index (χ3v) is 5.23. The molecule has 2 aliphatic rings. The van der Waals surface area contributed by atoms with Gasteiger partial charge >= 0.3 is 0 Å². The minimum atomic E-state index is -0.227. The fourth-order valence-corrected chi connectivity index (χ4v) is 3.91. The highest BCUT2D eigenvalue weighted by Crippen LogP contribution is 2.15. The number of hydrogen-bond acceptors (Lipinski definition) is 4. The predicted molar refractivity (Wildman–Crippen MR) is 98.8 cm³/mol. The zero-order chi connectivity index (χ0) is 17.8. The Morgan fingerprint density at radius 3 is 2.62 bits per heavy atom. The van der Waals surface area contributed by atoms with Crippen LogP contribution in [0.4, 0.5) is 4.39 Å². The van der Waals surface area contributed by atoms with Crippen LogP contribution >= 0.6 is 0 Å². The lowest BCUT2D eigenvalue weighted by Crippen LogP contribution is -2.39. The van der Waals surface area contributed by atoms with Crippen molar-refractivity contribution < 1.29 is 9.13 Å². The molecular formula is C20H27FN4O. The second-order valence-electron chi connectivity index (χ2n) is 7.36. The summed E-state index contributed by atoms with van der Waals surface area (Å²) in [4.78, 5) is 5.00. The van der Waals surface area contributed by atoms with Gasteiger partial charge in [0.2, 0.25) is 0 Å². The summed E-state index contributed by atoms with van der Waals surface area (Å²) in [6, 6.07) is 6.42. The average molecular weight is 358 g/mol. The molecular weight excluding hydrogens is 331 g/mol. The van der Waals surface area contributed by atoms with Crippen LogP contribution < -0.4 is 0 Å². The van der Waals surface area contributed by atoms with E-state index in [0.29, 0.717) is 6.10 Å². The largest absolute Gasteiger partial charge is 0.376 e. The van der Waals surface area contributed by atoms with Gasteiger partial charge in [0.1, 0.15) is 5.82 Å². The Kier molecular flexibility index (Phi) is 5.62. The zero-order valence-electron chi connectivity index (χ0n) is 15.2. The lowest BCUT2D eigenvalue weighted by molar-refractivity contribution is 0.0308.